The predicted octanol–water partition coefficient (Wildman–Crippen LogP) is -4.80. The molecule has 0 aromatic rings. The van der Waals surface area contributed by atoms with Crippen LogP contribution in [0.3, 0.4) is 0 Å². The topological polar surface area (TPSA) is 243 Å². The summed E-state index contributed by atoms with van der Waals surface area (Å²) in [5, 5.41) is 75.5. The Morgan fingerprint density at radius 1 is 0.737 bits per heavy atom. The number of amides is 1. The van der Waals surface area contributed by atoms with Gasteiger partial charge < -0.3 is 69.5 Å². The summed E-state index contributed by atoms with van der Waals surface area (Å²) in [6, 6.07) is -1.29. The van der Waals surface area contributed by atoms with E-state index in [2.05, 4.69) is 5.32 Å². The van der Waals surface area contributed by atoms with Crippen LogP contribution in [-0.2, 0) is 38.0 Å². The van der Waals surface area contributed by atoms with Gasteiger partial charge in [0.1, 0.15) is 54.9 Å². The summed E-state index contributed by atoms with van der Waals surface area (Å²) in [6.45, 7) is 4.30. The molecule has 1 amide bonds. The third kappa shape index (κ3) is 6.60. The summed E-state index contributed by atoms with van der Waals surface area (Å²) in [7, 11) is 0. The highest BCUT2D eigenvalue weighted by Gasteiger charge is 2.54. The molecule has 0 aliphatic carbocycles. The van der Waals surface area contributed by atoms with Crippen molar-refractivity contribution in [3.8, 4) is 0 Å². The highest BCUT2D eigenvalue weighted by Crippen LogP contribution is 2.33. The SMILES string of the molecule is CC(=O)N[C@@H]1[C@@H](O[C@H]2O[C@H](CO)[C@@H](O)[C@H](O[C@@H]3O[C@H](C)[C@H](O)[C@H](O)[C@H]3OC(C)=O)[C@@H]2O)[C@H](O)[C@@H](C)O[C@H]1O. The molecule has 0 radical (unpaired) electrons. The van der Waals surface area contributed by atoms with Gasteiger partial charge in [0.2, 0.25) is 5.91 Å². The van der Waals surface area contributed by atoms with E-state index in [-0.39, 0.29) is 0 Å². The number of rotatable bonds is 7. The zero-order valence-electron chi connectivity index (χ0n) is 21.3. The summed E-state index contributed by atoms with van der Waals surface area (Å²) in [6.07, 6.45) is -20.8. The molecular formula is C22H37NO15. The van der Waals surface area contributed by atoms with Gasteiger partial charge in [-0.2, -0.15) is 0 Å². The largest absolute Gasteiger partial charge is 0.454 e. The minimum Gasteiger partial charge on any atom is -0.454 e. The average Bonchev–Trinajstić information content (AvgIpc) is 2.84. The Kier molecular flexibility index (Phi) is 10.4. The molecular weight excluding hydrogens is 518 g/mol. The Balaban J connectivity index is 1.85. The summed E-state index contributed by atoms with van der Waals surface area (Å²) < 4.78 is 32.8. The number of ether oxygens (including phenoxy) is 6. The lowest BCUT2D eigenvalue weighted by Gasteiger charge is -2.48. The number of esters is 1. The molecule has 0 saturated carbocycles. The number of nitrogens with one attached hydrogen (secondary N) is 1. The molecule has 3 aliphatic heterocycles. The van der Waals surface area contributed by atoms with Gasteiger partial charge in [0.15, 0.2) is 25.0 Å². The van der Waals surface area contributed by atoms with Crippen molar-refractivity contribution in [1.82, 2.24) is 5.32 Å². The zero-order valence-corrected chi connectivity index (χ0v) is 21.3. The molecule has 3 heterocycles. The lowest BCUT2D eigenvalue weighted by Crippen LogP contribution is -2.68. The minimum atomic E-state index is -1.84. The predicted molar refractivity (Wildman–Crippen MR) is 120 cm³/mol. The molecule has 220 valence electrons. The van der Waals surface area contributed by atoms with Crippen molar-refractivity contribution in [2.75, 3.05) is 6.61 Å². The first kappa shape index (κ1) is 31.0. The van der Waals surface area contributed by atoms with Gasteiger partial charge in [0, 0.05) is 13.8 Å². The van der Waals surface area contributed by atoms with Gasteiger partial charge >= 0.3 is 5.97 Å². The van der Waals surface area contributed by atoms with Crippen LogP contribution in [0.25, 0.3) is 0 Å². The average molecular weight is 556 g/mol. The first-order valence-corrected chi connectivity index (χ1v) is 12.2. The number of carbonyl (C=O) groups excluding carboxylic acids is 2. The minimum absolute atomic E-state index is 0.580. The van der Waals surface area contributed by atoms with Crippen molar-refractivity contribution in [2.24, 2.45) is 0 Å². The van der Waals surface area contributed by atoms with E-state index in [9.17, 15) is 45.3 Å². The molecule has 15 atom stereocenters. The Morgan fingerprint density at radius 3 is 1.92 bits per heavy atom. The number of hydrogen-bond acceptors (Lipinski definition) is 15. The van der Waals surface area contributed by atoms with Crippen LogP contribution in [0.15, 0.2) is 0 Å². The standard InChI is InChI=1S/C22H37NO15/c1-6-12(27)15(30)19(35-9(4)26)22(34-6)38-18-14(29)10(5-24)36-21(16(18)31)37-17-11(23-8(3)25)20(32)33-7(2)13(17)28/h6-7,10-22,24,27-32H,5H2,1-4H3,(H,23,25)/t6-,7-,10-,11-,12+,13-,14-,15+,16+,17-,18+,19-,20-,21-,22+/m1/s1. The maximum atomic E-state index is 11.7. The van der Waals surface area contributed by atoms with Gasteiger partial charge in [-0.25, -0.2) is 0 Å². The first-order valence-electron chi connectivity index (χ1n) is 12.2. The Bertz CT molecular complexity index is 818. The van der Waals surface area contributed by atoms with Crippen molar-refractivity contribution in [2.45, 2.75) is 120 Å². The number of carbonyl (C=O) groups is 2. The van der Waals surface area contributed by atoms with E-state index in [1.165, 1.54) is 13.8 Å². The first-order chi connectivity index (χ1) is 17.8. The van der Waals surface area contributed by atoms with E-state index in [4.69, 9.17) is 28.4 Å². The lowest BCUT2D eigenvalue weighted by molar-refractivity contribution is -0.370. The molecule has 3 rings (SSSR count). The lowest BCUT2D eigenvalue weighted by atomic mass is 9.95. The highest BCUT2D eigenvalue weighted by atomic mass is 16.7. The van der Waals surface area contributed by atoms with Gasteiger partial charge in [-0.3, -0.25) is 9.59 Å². The van der Waals surface area contributed by atoms with E-state index in [0.717, 1.165) is 13.8 Å². The maximum absolute atomic E-state index is 11.7. The van der Waals surface area contributed by atoms with Gasteiger partial charge in [-0.1, -0.05) is 0 Å². The second-order valence-corrected chi connectivity index (χ2v) is 9.62. The number of aliphatic hydroxyl groups excluding tert-OH is 7. The maximum Gasteiger partial charge on any atom is 0.303 e. The van der Waals surface area contributed by atoms with Crippen LogP contribution in [0.2, 0.25) is 0 Å². The summed E-state index contributed by atoms with van der Waals surface area (Å²) in [5.41, 5.74) is 0. The van der Waals surface area contributed by atoms with E-state index in [1.54, 1.807) is 0 Å². The molecule has 16 nitrogen and oxygen atoms in total. The molecule has 3 aliphatic rings. The summed E-state index contributed by atoms with van der Waals surface area (Å²) >= 11 is 0. The van der Waals surface area contributed by atoms with Gasteiger partial charge in [-0.15, -0.1) is 0 Å². The van der Waals surface area contributed by atoms with E-state index in [0.29, 0.717) is 0 Å². The zero-order chi connectivity index (χ0) is 28.5. The van der Waals surface area contributed by atoms with Gasteiger partial charge in [-0.05, 0) is 13.8 Å². The quantitative estimate of drug-likeness (QED) is 0.137. The van der Waals surface area contributed by atoms with E-state index < -0.39 is 111 Å². The van der Waals surface area contributed by atoms with Crippen molar-refractivity contribution in [3.63, 3.8) is 0 Å². The van der Waals surface area contributed by atoms with Crippen molar-refractivity contribution in [1.29, 1.82) is 0 Å². The fourth-order valence-corrected chi connectivity index (χ4v) is 4.65. The Hall–Kier alpha value is -1.54. The molecule has 16 heteroatoms. The fourth-order valence-electron chi connectivity index (χ4n) is 4.65. The van der Waals surface area contributed by atoms with Crippen LogP contribution in [0.4, 0.5) is 0 Å². The fraction of sp³-hybridized carbons (Fsp3) is 0.909. The van der Waals surface area contributed by atoms with Crippen molar-refractivity contribution >= 4 is 11.9 Å². The second kappa shape index (κ2) is 12.8. The van der Waals surface area contributed by atoms with Crippen molar-refractivity contribution in [3.05, 3.63) is 0 Å². The van der Waals surface area contributed by atoms with Crippen LogP contribution in [0, 0.1) is 0 Å². The third-order valence-corrected chi connectivity index (χ3v) is 6.69. The Morgan fingerprint density at radius 2 is 1.34 bits per heavy atom. The monoisotopic (exact) mass is 555 g/mol. The molecule has 8 N–H and O–H groups in total. The number of hydrogen-bond donors (Lipinski definition) is 8. The van der Waals surface area contributed by atoms with Crippen LogP contribution in [0.5, 0.6) is 0 Å². The summed E-state index contributed by atoms with van der Waals surface area (Å²) in [5.74, 6) is -1.41. The normalized spacial score (nSPS) is 47.8. The summed E-state index contributed by atoms with van der Waals surface area (Å²) in [4.78, 5) is 23.3. The smallest absolute Gasteiger partial charge is 0.303 e. The Labute approximate surface area is 217 Å². The molecule has 0 aromatic carbocycles. The molecule has 0 aromatic heterocycles. The molecule has 3 saturated heterocycles. The van der Waals surface area contributed by atoms with E-state index >= 15 is 0 Å². The molecule has 38 heavy (non-hydrogen) atoms. The molecule has 0 spiro atoms. The van der Waals surface area contributed by atoms with Crippen LogP contribution < -0.4 is 5.32 Å². The van der Waals surface area contributed by atoms with Crippen LogP contribution in [-0.4, -0.2) is 146 Å². The molecule has 0 bridgehead atoms. The second-order valence-electron chi connectivity index (χ2n) is 9.62. The van der Waals surface area contributed by atoms with Crippen LogP contribution in [0.1, 0.15) is 27.7 Å². The number of aliphatic hydroxyl groups is 7. The highest BCUT2D eigenvalue weighted by molar-refractivity contribution is 5.73. The van der Waals surface area contributed by atoms with Gasteiger partial charge in [0.05, 0.1) is 18.8 Å². The van der Waals surface area contributed by atoms with Gasteiger partial charge in [0.25, 0.3) is 0 Å². The molecule has 3 fully saturated rings. The van der Waals surface area contributed by atoms with Crippen molar-refractivity contribution < 1.29 is 73.8 Å². The van der Waals surface area contributed by atoms with E-state index in [1.807, 2.05) is 0 Å². The van der Waals surface area contributed by atoms with Crippen LogP contribution >= 0.6 is 0 Å². The molecule has 0 unspecified atom stereocenters. The third-order valence-electron chi connectivity index (χ3n) is 6.69.